The fourth-order valence-corrected chi connectivity index (χ4v) is 2.98. The number of halogens is 1. The highest BCUT2D eigenvalue weighted by Crippen LogP contribution is 2.26. The molecule has 0 unspecified atom stereocenters. The normalized spacial score (nSPS) is 18.9. The molecule has 5 heteroatoms. The summed E-state index contributed by atoms with van der Waals surface area (Å²) < 4.78 is 6.53. The maximum absolute atomic E-state index is 12.0. The lowest BCUT2D eigenvalue weighted by molar-refractivity contribution is -0.123. The number of carbonyl (C=O) groups excluding carboxylic acids is 1. The van der Waals surface area contributed by atoms with E-state index < -0.39 is 0 Å². The van der Waals surface area contributed by atoms with Crippen molar-refractivity contribution in [3.8, 4) is 5.75 Å². The van der Waals surface area contributed by atoms with Crippen molar-refractivity contribution in [1.29, 1.82) is 0 Å². The molecule has 24 heavy (non-hydrogen) atoms. The van der Waals surface area contributed by atoms with E-state index in [0.717, 1.165) is 39.7 Å². The SMILES string of the molecule is C=C(C)[C@H]1CC=C(C)/C(=N/NC(=O)COc2ccc(Br)cc2C)C1. The van der Waals surface area contributed by atoms with Gasteiger partial charge in [-0.2, -0.15) is 5.10 Å². The van der Waals surface area contributed by atoms with Gasteiger partial charge in [0.1, 0.15) is 5.75 Å². The molecule has 0 saturated carbocycles. The second-order valence-electron chi connectivity index (χ2n) is 6.16. The number of aryl methyl sites for hydroxylation is 1. The largest absolute Gasteiger partial charge is 0.483 e. The second kappa shape index (κ2) is 8.29. The number of ether oxygens (including phenoxy) is 1. The highest BCUT2D eigenvalue weighted by atomic mass is 79.9. The number of benzene rings is 1. The highest BCUT2D eigenvalue weighted by Gasteiger charge is 2.18. The molecule has 1 aromatic carbocycles. The molecule has 0 heterocycles. The van der Waals surface area contributed by atoms with Crippen molar-refractivity contribution in [1.82, 2.24) is 5.43 Å². The molecule has 0 aromatic heterocycles. The van der Waals surface area contributed by atoms with Gasteiger partial charge in [0, 0.05) is 4.47 Å². The van der Waals surface area contributed by atoms with E-state index in [1.165, 1.54) is 0 Å². The van der Waals surface area contributed by atoms with E-state index in [2.05, 4.69) is 39.1 Å². The monoisotopic (exact) mass is 390 g/mol. The smallest absolute Gasteiger partial charge is 0.277 e. The molecule has 0 radical (unpaired) electrons. The summed E-state index contributed by atoms with van der Waals surface area (Å²) in [5.74, 6) is 0.818. The molecule has 1 aliphatic carbocycles. The second-order valence-corrected chi connectivity index (χ2v) is 7.08. The molecule has 2 rings (SSSR count). The van der Waals surface area contributed by atoms with Crippen LogP contribution in [0.1, 0.15) is 32.3 Å². The first-order chi connectivity index (χ1) is 11.4. The molecule has 0 fully saturated rings. The average molecular weight is 391 g/mol. The van der Waals surface area contributed by atoms with Crippen LogP contribution in [0.4, 0.5) is 0 Å². The van der Waals surface area contributed by atoms with Crippen molar-refractivity contribution in [2.45, 2.75) is 33.6 Å². The van der Waals surface area contributed by atoms with Gasteiger partial charge in [0.25, 0.3) is 5.91 Å². The van der Waals surface area contributed by atoms with Crippen molar-refractivity contribution in [3.05, 3.63) is 52.0 Å². The third-order valence-corrected chi connectivity index (χ3v) is 4.60. The van der Waals surface area contributed by atoms with Crippen LogP contribution in [-0.2, 0) is 4.79 Å². The number of carbonyl (C=O) groups is 1. The zero-order valence-corrected chi connectivity index (χ0v) is 15.9. The van der Waals surface area contributed by atoms with Gasteiger partial charge < -0.3 is 4.74 Å². The van der Waals surface area contributed by atoms with Crippen LogP contribution in [0, 0.1) is 12.8 Å². The molecule has 1 aromatic rings. The minimum atomic E-state index is -0.268. The van der Waals surface area contributed by atoms with Crippen molar-refractivity contribution in [2.75, 3.05) is 6.61 Å². The van der Waals surface area contributed by atoms with Gasteiger partial charge in [0.05, 0.1) is 5.71 Å². The summed E-state index contributed by atoms with van der Waals surface area (Å²) in [7, 11) is 0. The fraction of sp³-hybridized carbons (Fsp3) is 0.368. The Hall–Kier alpha value is -1.88. The molecular weight excluding hydrogens is 368 g/mol. The molecule has 1 amide bonds. The average Bonchev–Trinajstić information content (AvgIpc) is 2.53. The number of hydrogen-bond acceptors (Lipinski definition) is 3. The lowest BCUT2D eigenvalue weighted by atomic mass is 9.85. The van der Waals surface area contributed by atoms with Gasteiger partial charge in [-0.1, -0.05) is 34.2 Å². The molecule has 0 aliphatic heterocycles. The lowest BCUT2D eigenvalue weighted by Gasteiger charge is -2.22. The number of rotatable bonds is 5. The zero-order valence-electron chi connectivity index (χ0n) is 14.4. The summed E-state index contributed by atoms with van der Waals surface area (Å²) in [5, 5.41) is 4.27. The lowest BCUT2D eigenvalue weighted by Crippen LogP contribution is -2.27. The summed E-state index contributed by atoms with van der Waals surface area (Å²) in [6.45, 7) is 9.94. The number of nitrogens with zero attached hydrogens (tertiary/aromatic N) is 1. The number of amides is 1. The Kier molecular flexibility index (Phi) is 6.37. The van der Waals surface area contributed by atoms with E-state index in [1.54, 1.807) is 0 Å². The van der Waals surface area contributed by atoms with Crippen molar-refractivity contribution >= 4 is 27.5 Å². The van der Waals surface area contributed by atoms with E-state index in [1.807, 2.05) is 39.0 Å². The first-order valence-corrected chi connectivity index (χ1v) is 8.73. The van der Waals surface area contributed by atoms with Crippen LogP contribution in [0.3, 0.4) is 0 Å². The zero-order chi connectivity index (χ0) is 17.7. The van der Waals surface area contributed by atoms with E-state index in [4.69, 9.17) is 4.74 Å². The first-order valence-electron chi connectivity index (χ1n) is 7.93. The Morgan fingerprint density at radius 3 is 2.88 bits per heavy atom. The predicted molar refractivity (Wildman–Crippen MR) is 101 cm³/mol. The Labute approximate surface area is 151 Å². The maximum Gasteiger partial charge on any atom is 0.277 e. The molecule has 1 atom stereocenters. The molecule has 0 saturated heterocycles. The van der Waals surface area contributed by atoms with Gasteiger partial charge in [-0.15, -0.1) is 0 Å². The van der Waals surface area contributed by atoms with Crippen LogP contribution in [-0.4, -0.2) is 18.2 Å². The quantitative estimate of drug-likeness (QED) is 0.592. The number of hydrogen-bond donors (Lipinski definition) is 1. The summed E-state index contributed by atoms with van der Waals surface area (Å²) in [5.41, 5.74) is 6.72. The summed E-state index contributed by atoms with van der Waals surface area (Å²) in [4.78, 5) is 12.0. The standard InChI is InChI=1S/C19H23BrN2O2/c1-12(2)15-6-5-13(3)17(10-15)21-22-19(23)11-24-18-8-7-16(20)9-14(18)4/h5,7-9,15H,1,6,10-11H2,2-4H3,(H,22,23)/b21-17+/t15-/m0/s1. The third-order valence-electron chi connectivity index (χ3n) is 4.11. The fourth-order valence-electron chi connectivity index (χ4n) is 2.50. The number of nitrogens with one attached hydrogen (secondary N) is 1. The van der Waals surface area contributed by atoms with Crippen molar-refractivity contribution in [3.63, 3.8) is 0 Å². The molecule has 1 aliphatic rings. The van der Waals surface area contributed by atoms with Crippen LogP contribution < -0.4 is 10.2 Å². The summed E-state index contributed by atoms with van der Waals surface area (Å²) >= 11 is 3.40. The summed E-state index contributed by atoms with van der Waals surface area (Å²) in [6.07, 6.45) is 3.94. The van der Waals surface area contributed by atoms with Gasteiger partial charge in [0.15, 0.2) is 6.61 Å². The van der Waals surface area contributed by atoms with E-state index in [0.29, 0.717) is 11.7 Å². The van der Waals surface area contributed by atoms with Crippen LogP contribution in [0.2, 0.25) is 0 Å². The number of allylic oxidation sites excluding steroid dienone is 3. The van der Waals surface area contributed by atoms with Gasteiger partial charge in [-0.05, 0) is 68.9 Å². The Bertz CT molecular complexity index is 707. The van der Waals surface area contributed by atoms with Crippen LogP contribution in [0.25, 0.3) is 0 Å². The molecule has 4 nitrogen and oxygen atoms in total. The number of hydrazone groups is 1. The van der Waals surface area contributed by atoms with Gasteiger partial charge in [-0.25, -0.2) is 5.43 Å². The summed E-state index contributed by atoms with van der Waals surface area (Å²) in [6, 6.07) is 5.67. The predicted octanol–water partition coefficient (Wildman–Crippen LogP) is 4.54. The minimum Gasteiger partial charge on any atom is -0.483 e. The van der Waals surface area contributed by atoms with E-state index >= 15 is 0 Å². The maximum atomic E-state index is 12.0. The Balaban J connectivity index is 1.91. The van der Waals surface area contributed by atoms with Crippen molar-refractivity contribution < 1.29 is 9.53 Å². The van der Waals surface area contributed by atoms with Crippen LogP contribution >= 0.6 is 15.9 Å². The molecule has 1 N–H and O–H groups in total. The Morgan fingerprint density at radius 1 is 1.46 bits per heavy atom. The van der Waals surface area contributed by atoms with Gasteiger partial charge in [-0.3, -0.25) is 4.79 Å². The van der Waals surface area contributed by atoms with Crippen LogP contribution in [0.15, 0.2) is 51.6 Å². The molecule has 128 valence electrons. The molecule has 0 bridgehead atoms. The van der Waals surface area contributed by atoms with E-state index in [9.17, 15) is 4.79 Å². The molecular formula is C19H23BrN2O2. The Morgan fingerprint density at radius 2 is 2.21 bits per heavy atom. The van der Waals surface area contributed by atoms with Gasteiger partial charge in [0.2, 0.25) is 0 Å². The van der Waals surface area contributed by atoms with Crippen molar-refractivity contribution in [2.24, 2.45) is 11.0 Å². The topological polar surface area (TPSA) is 50.7 Å². The minimum absolute atomic E-state index is 0.0636. The molecule has 0 spiro atoms. The third kappa shape index (κ3) is 5.06. The first kappa shape index (κ1) is 18.5. The van der Waals surface area contributed by atoms with Crippen LogP contribution in [0.5, 0.6) is 5.75 Å². The highest BCUT2D eigenvalue weighted by molar-refractivity contribution is 9.10. The van der Waals surface area contributed by atoms with E-state index in [-0.39, 0.29) is 12.5 Å². The van der Waals surface area contributed by atoms with Gasteiger partial charge >= 0.3 is 0 Å².